The summed E-state index contributed by atoms with van der Waals surface area (Å²) in [6.45, 7) is 0.871. The maximum Gasteiger partial charge on any atom is 0.151 e. The van der Waals surface area contributed by atoms with Gasteiger partial charge in [0.1, 0.15) is 0 Å². The predicted octanol–water partition coefficient (Wildman–Crippen LogP) is 3.24. The van der Waals surface area contributed by atoms with Crippen LogP contribution >= 0.6 is 11.8 Å². The molecular formula is C18H23NO2S2. The maximum absolute atomic E-state index is 11.6. The molecule has 0 saturated carbocycles. The Hall–Kier alpha value is -1.04. The molecule has 0 spiro atoms. The second-order valence-electron chi connectivity index (χ2n) is 6.10. The fourth-order valence-electron chi connectivity index (χ4n) is 3.12. The van der Waals surface area contributed by atoms with E-state index < -0.39 is 9.84 Å². The van der Waals surface area contributed by atoms with Crippen molar-refractivity contribution < 1.29 is 8.42 Å². The smallest absolute Gasteiger partial charge is 0.151 e. The molecule has 0 aromatic heterocycles. The molecule has 3 nitrogen and oxygen atoms in total. The van der Waals surface area contributed by atoms with Crippen LogP contribution in [0.25, 0.3) is 10.8 Å². The van der Waals surface area contributed by atoms with Crippen molar-refractivity contribution in [3.8, 4) is 0 Å². The van der Waals surface area contributed by atoms with E-state index in [2.05, 4.69) is 47.8 Å². The highest BCUT2D eigenvalue weighted by molar-refractivity contribution is 7.98. The van der Waals surface area contributed by atoms with Gasteiger partial charge in [0.15, 0.2) is 9.84 Å². The molecule has 0 bridgehead atoms. The van der Waals surface area contributed by atoms with Gasteiger partial charge in [0.25, 0.3) is 0 Å². The first-order valence-electron chi connectivity index (χ1n) is 8.12. The minimum absolute atomic E-state index is 0.145. The van der Waals surface area contributed by atoms with Crippen LogP contribution in [0.2, 0.25) is 0 Å². The van der Waals surface area contributed by atoms with Crippen LogP contribution in [0.15, 0.2) is 42.5 Å². The summed E-state index contributed by atoms with van der Waals surface area (Å²) in [6, 6.07) is 15.1. The van der Waals surface area contributed by atoms with Gasteiger partial charge in [-0.3, -0.25) is 0 Å². The molecule has 23 heavy (non-hydrogen) atoms. The van der Waals surface area contributed by atoms with Gasteiger partial charge in [-0.15, -0.1) is 0 Å². The Balaban J connectivity index is 1.45. The quantitative estimate of drug-likeness (QED) is 0.813. The molecule has 2 aromatic rings. The van der Waals surface area contributed by atoms with Gasteiger partial charge in [-0.05, 0) is 29.2 Å². The monoisotopic (exact) mass is 349 g/mol. The average Bonchev–Trinajstić information content (AvgIpc) is 2.54. The number of thioether (sulfide) groups is 1. The minimum Gasteiger partial charge on any atom is -0.312 e. The van der Waals surface area contributed by atoms with E-state index in [9.17, 15) is 8.42 Å². The van der Waals surface area contributed by atoms with Crippen LogP contribution in [0, 0.1) is 0 Å². The van der Waals surface area contributed by atoms with Gasteiger partial charge in [0.05, 0.1) is 11.5 Å². The molecule has 0 unspecified atom stereocenters. The Bertz CT molecular complexity index is 753. The van der Waals surface area contributed by atoms with E-state index >= 15 is 0 Å². The SMILES string of the molecule is O=S1(=O)CCC[C@H](NCCSCc2cccc3ccccc23)C1. The van der Waals surface area contributed by atoms with Crippen LogP contribution in [-0.2, 0) is 15.6 Å². The summed E-state index contributed by atoms with van der Waals surface area (Å²) in [6.07, 6.45) is 1.77. The third kappa shape index (κ3) is 4.72. The highest BCUT2D eigenvalue weighted by atomic mass is 32.2. The molecule has 124 valence electrons. The van der Waals surface area contributed by atoms with Crippen LogP contribution in [0.5, 0.6) is 0 Å². The van der Waals surface area contributed by atoms with Crippen molar-refractivity contribution in [3.63, 3.8) is 0 Å². The molecule has 1 saturated heterocycles. The number of hydrogen-bond donors (Lipinski definition) is 1. The van der Waals surface area contributed by atoms with Gasteiger partial charge in [0.2, 0.25) is 0 Å². The first-order chi connectivity index (χ1) is 11.1. The molecule has 0 aliphatic carbocycles. The van der Waals surface area contributed by atoms with E-state index in [4.69, 9.17) is 0 Å². The zero-order valence-corrected chi connectivity index (χ0v) is 14.8. The van der Waals surface area contributed by atoms with Crippen LogP contribution in [0.1, 0.15) is 18.4 Å². The summed E-state index contributed by atoms with van der Waals surface area (Å²) in [5.41, 5.74) is 1.37. The van der Waals surface area contributed by atoms with Crippen molar-refractivity contribution in [1.29, 1.82) is 0 Å². The fourth-order valence-corrected chi connectivity index (χ4v) is 5.67. The summed E-state index contributed by atoms with van der Waals surface area (Å²) in [7, 11) is -2.81. The standard InChI is InChI=1S/C18H23NO2S2/c20-23(21)12-4-8-17(14-23)19-10-11-22-13-16-7-3-6-15-5-1-2-9-18(15)16/h1-3,5-7,9,17,19H,4,8,10-14H2/t17-/m0/s1. The molecule has 5 heteroatoms. The van der Waals surface area contributed by atoms with Gasteiger partial charge in [-0.1, -0.05) is 42.5 Å². The second-order valence-corrected chi connectivity index (χ2v) is 9.43. The van der Waals surface area contributed by atoms with E-state index in [0.717, 1.165) is 30.9 Å². The largest absolute Gasteiger partial charge is 0.312 e. The molecule has 2 aromatic carbocycles. The predicted molar refractivity (Wildman–Crippen MR) is 99.8 cm³/mol. The zero-order chi connectivity index (χ0) is 16.1. The number of sulfone groups is 1. The Morgan fingerprint density at radius 1 is 1.13 bits per heavy atom. The Morgan fingerprint density at radius 2 is 1.96 bits per heavy atom. The Morgan fingerprint density at radius 3 is 2.83 bits per heavy atom. The lowest BCUT2D eigenvalue weighted by molar-refractivity contribution is 0.492. The first kappa shape index (κ1) is 16.8. The molecule has 0 amide bonds. The molecule has 1 aliphatic heterocycles. The summed E-state index contributed by atoms with van der Waals surface area (Å²) < 4.78 is 23.2. The fraction of sp³-hybridized carbons (Fsp3) is 0.444. The van der Waals surface area contributed by atoms with Crippen LogP contribution < -0.4 is 5.32 Å². The second kappa shape index (κ2) is 7.69. The lowest BCUT2D eigenvalue weighted by Gasteiger charge is -2.23. The zero-order valence-electron chi connectivity index (χ0n) is 13.2. The summed E-state index contributed by atoms with van der Waals surface area (Å²) in [5.74, 6) is 2.66. The van der Waals surface area contributed by atoms with Gasteiger partial charge < -0.3 is 5.32 Å². The Kier molecular flexibility index (Phi) is 5.62. The maximum atomic E-state index is 11.6. The van der Waals surface area contributed by atoms with Crippen LogP contribution in [0.4, 0.5) is 0 Å². The molecule has 1 fully saturated rings. The summed E-state index contributed by atoms with van der Waals surface area (Å²) in [4.78, 5) is 0. The van der Waals surface area contributed by atoms with Crippen LogP contribution in [0.3, 0.4) is 0 Å². The van der Waals surface area contributed by atoms with E-state index in [1.54, 1.807) is 0 Å². The average molecular weight is 350 g/mol. The normalized spacial score (nSPS) is 20.6. The Labute approximate surface area is 142 Å². The highest BCUT2D eigenvalue weighted by Gasteiger charge is 2.23. The van der Waals surface area contributed by atoms with E-state index in [1.807, 2.05) is 11.8 Å². The third-order valence-corrected chi connectivity index (χ3v) is 7.11. The van der Waals surface area contributed by atoms with Crippen molar-refractivity contribution in [2.24, 2.45) is 0 Å². The minimum atomic E-state index is -2.81. The van der Waals surface area contributed by atoms with E-state index in [-0.39, 0.29) is 6.04 Å². The number of fused-ring (bicyclic) bond motifs is 1. The number of nitrogens with one attached hydrogen (secondary N) is 1. The number of rotatable bonds is 6. The summed E-state index contributed by atoms with van der Waals surface area (Å²) in [5, 5.41) is 6.02. The highest BCUT2D eigenvalue weighted by Crippen LogP contribution is 2.22. The van der Waals surface area contributed by atoms with Crippen molar-refractivity contribution in [3.05, 3.63) is 48.0 Å². The van der Waals surface area contributed by atoms with Crippen molar-refractivity contribution in [2.75, 3.05) is 23.8 Å². The molecule has 1 aliphatic rings. The van der Waals surface area contributed by atoms with Crippen molar-refractivity contribution in [1.82, 2.24) is 5.32 Å². The summed E-state index contributed by atoms with van der Waals surface area (Å²) >= 11 is 1.90. The van der Waals surface area contributed by atoms with Gasteiger partial charge in [0, 0.05) is 24.1 Å². The van der Waals surface area contributed by atoms with E-state index in [1.165, 1.54) is 16.3 Å². The molecule has 3 rings (SSSR count). The molecular weight excluding hydrogens is 326 g/mol. The topological polar surface area (TPSA) is 46.2 Å². The van der Waals surface area contributed by atoms with Crippen molar-refractivity contribution in [2.45, 2.75) is 24.6 Å². The lowest BCUT2D eigenvalue weighted by Crippen LogP contribution is -2.41. The third-order valence-electron chi connectivity index (χ3n) is 4.28. The number of benzene rings is 2. The molecule has 1 N–H and O–H groups in total. The lowest BCUT2D eigenvalue weighted by atomic mass is 10.1. The molecule has 1 heterocycles. The van der Waals surface area contributed by atoms with Gasteiger partial charge in [-0.25, -0.2) is 8.42 Å². The van der Waals surface area contributed by atoms with Crippen molar-refractivity contribution >= 4 is 32.4 Å². The molecule has 0 radical (unpaired) electrons. The number of hydrogen-bond acceptors (Lipinski definition) is 4. The van der Waals surface area contributed by atoms with Gasteiger partial charge >= 0.3 is 0 Å². The molecule has 1 atom stereocenters. The van der Waals surface area contributed by atoms with Gasteiger partial charge in [-0.2, -0.15) is 11.8 Å². The van der Waals surface area contributed by atoms with E-state index in [0.29, 0.717) is 11.5 Å². The van der Waals surface area contributed by atoms with Crippen LogP contribution in [-0.4, -0.2) is 38.3 Å². The first-order valence-corrected chi connectivity index (χ1v) is 11.1.